The van der Waals surface area contributed by atoms with Crippen LogP contribution in [0.1, 0.15) is 33.1 Å². The quantitative estimate of drug-likeness (QED) is 0.637. The Morgan fingerprint density at radius 2 is 1.83 bits per heavy atom. The summed E-state index contributed by atoms with van der Waals surface area (Å²) in [5, 5.41) is 0. The summed E-state index contributed by atoms with van der Waals surface area (Å²) >= 11 is 0. The van der Waals surface area contributed by atoms with E-state index in [1.54, 1.807) is 0 Å². The number of nitrogens with zero attached hydrogens (tertiary/aromatic N) is 1. The Labute approximate surface area is 75.1 Å². The average molecular weight is 168 g/mol. The maximum atomic E-state index is 5.93. The molecular weight excluding hydrogens is 148 g/mol. The van der Waals surface area contributed by atoms with Gasteiger partial charge >= 0.3 is 0 Å². The second-order valence-electron chi connectivity index (χ2n) is 4.80. The second-order valence-corrected chi connectivity index (χ2v) is 4.80. The zero-order chi connectivity index (χ0) is 8.77. The number of hydrogen-bond acceptors (Lipinski definition) is 2. The molecule has 12 heavy (non-hydrogen) atoms. The first-order chi connectivity index (χ1) is 5.64. The van der Waals surface area contributed by atoms with Crippen molar-refractivity contribution in [2.24, 2.45) is 11.1 Å². The van der Waals surface area contributed by atoms with Gasteiger partial charge in [-0.3, -0.25) is 0 Å². The molecular formula is C10H20N2. The summed E-state index contributed by atoms with van der Waals surface area (Å²) in [6.45, 7) is 7.10. The fraction of sp³-hybridized carbons (Fsp3) is 1.00. The molecule has 1 spiro atoms. The van der Waals surface area contributed by atoms with Crippen LogP contribution in [0.4, 0.5) is 0 Å². The minimum Gasteiger partial charge on any atom is -0.327 e. The standard InChI is InChI=1S/C10H20N2/c1-8(2)12-5-3-10(4-6-12)7-9(10)11/h8-9H,3-7,11H2,1-2H3/t9-/m1/s1. The predicted molar refractivity (Wildman–Crippen MR) is 51.0 cm³/mol. The van der Waals surface area contributed by atoms with Crippen molar-refractivity contribution in [2.75, 3.05) is 13.1 Å². The normalized spacial score (nSPS) is 34.5. The molecule has 0 amide bonds. The number of piperidine rings is 1. The van der Waals surface area contributed by atoms with Gasteiger partial charge in [0.15, 0.2) is 0 Å². The molecule has 1 saturated carbocycles. The molecule has 2 aliphatic rings. The lowest BCUT2D eigenvalue weighted by molar-refractivity contribution is 0.137. The predicted octanol–water partition coefficient (Wildman–Crippen LogP) is 1.21. The third kappa shape index (κ3) is 1.27. The Morgan fingerprint density at radius 1 is 1.33 bits per heavy atom. The molecule has 2 rings (SSSR count). The fourth-order valence-electron chi connectivity index (χ4n) is 2.44. The Hall–Kier alpha value is -0.0800. The van der Waals surface area contributed by atoms with Gasteiger partial charge in [0.25, 0.3) is 0 Å². The lowest BCUT2D eigenvalue weighted by atomic mass is 9.92. The van der Waals surface area contributed by atoms with E-state index in [0.29, 0.717) is 11.5 Å². The zero-order valence-corrected chi connectivity index (χ0v) is 8.21. The molecule has 1 aliphatic carbocycles. The average Bonchev–Trinajstić information content (AvgIpc) is 2.62. The first kappa shape index (κ1) is 8.52. The molecule has 70 valence electrons. The van der Waals surface area contributed by atoms with Crippen molar-refractivity contribution >= 4 is 0 Å². The van der Waals surface area contributed by atoms with E-state index < -0.39 is 0 Å². The van der Waals surface area contributed by atoms with Gasteiger partial charge in [-0.05, 0) is 51.6 Å². The Morgan fingerprint density at radius 3 is 2.17 bits per heavy atom. The van der Waals surface area contributed by atoms with Crippen LogP contribution in [0.15, 0.2) is 0 Å². The third-order valence-electron chi connectivity index (χ3n) is 3.78. The van der Waals surface area contributed by atoms with Gasteiger partial charge < -0.3 is 10.6 Å². The van der Waals surface area contributed by atoms with E-state index in [9.17, 15) is 0 Å². The summed E-state index contributed by atoms with van der Waals surface area (Å²) in [5.74, 6) is 0. The molecule has 0 aromatic rings. The van der Waals surface area contributed by atoms with E-state index in [2.05, 4.69) is 18.7 Å². The highest BCUT2D eigenvalue weighted by molar-refractivity contribution is 5.08. The van der Waals surface area contributed by atoms with Crippen molar-refractivity contribution < 1.29 is 0 Å². The number of hydrogen-bond donors (Lipinski definition) is 1. The van der Waals surface area contributed by atoms with Crippen molar-refractivity contribution in [3.63, 3.8) is 0 Å². The van der Waals surface area contributed by atoms with Crippen LogP contribution >= 0.6 is 0 Å². The van der Waals surface area contributed by atoms with E-state index in [1.165, 1.54) is 32.4 Å². The highest BCUT2D eigenvalue weighted by Crippen LogP contribution is 2.52. The largest absolute Gasteiger partial charge is 0.327 e. The van der Waals surface area contributed by atoms with Crippen LogP contribution in [0, 0.1) is 5.41 Å². The maximum absolute atomic E-state index is 5.93. The summed E-state index contributed by atoms with van der Waals surface area (Å²) in [5.41, 5.74) is 6.52. The van der Waals surface area contributed by atoms with Crippen molar-refractivity contribution in [3.05, 3.63) is 0 Å². The monoisotopic (exact) mass is 168 g/mol. The molecule has 0 bridgehead atoms. The van der Waals surface area contributed by atoms with Gasteiger partial charge in [0.2, 0.25) is 0 Å². The van der Waals surface area contributed by atoms with Crippen LogP contribution in [0.3, 0.4) is 0 Å². The number of nitrogens with two attached hydrogens (primary N) is 1. The minimum atomic E-state index is 0.534. The van der Waals surface area contributed by atoms with E-state index in [0.717, 1.165) is 6.04 Å². The third-order valence-corrected chi connectivity index (χ3v) is 3.78. The van der Waals surface area contributed by atoms with Crippen LogP contribution in [0.25, 0.3) is 0 Å². The van der Waals surface area contributed by atoms with Crippen LogP contribution in [0.2, 0.25) is 0 Å². The van der Waals surface area contributed by atoms with Gasteiger partial charge in [-0.25, -0.2) is 0 Å². The van der Waals surface area contributed by atoms with Gasteiger partial charge in [0, 0.05) is 12.1 Å². The molecule has 2 heteroatoms. The molecule has 0 aromatic carbocycles. The zero-order valence-electron chi connectivity index (χ0n) is 8.21. The van der Waals surface area contributed by atoms with Crippen LogP contribution in [0.5, 0.6) is 0 Å². The smallest absolute Gasteiger partial charge is 0.0103 e. The van der Waals surface area contributed by atoms with Crippen molar-refractivity contribution in [3.8, 4) is 0 Å². The second kappa shape index (κ2) is 2.71. The first-order valence-electron chi connectivity index (χ1n) is 5.14. The molecule has 0 radical (unpaired) electrons. The van der Waals surface area contributed by atoms with E-state index in [4.69, 9.17) is 5.73 Å². The summed E-state index contributed by atoms with van der Waals surface area (Å²) in [6, 6.07) is 1.25. The van der Waals surface area contributed by atoms with Crippen LogP contribution in [-0.4, -0.2) is 30.1 Å². The summed E-state index contributed by atoms with van der Waals surface area (Å²) in [7, 11) is 0. The molecule has 0 unspecified atom stereocenters. The van der Waals surface area contributed by atoms with Crippen molar-refractivity contribution in [1.82, 2.24) is 4.90 Å². The molecule has 1 atom stereocenters. The maximum Gasteiger partial charge on any atom is 0.0103 e. The van der Waals surface area contributed by atoms with Gasteiger partial charge in [-0.15, -0.1) is 0 Å². The Bertz CT molecular complexity index is 169. The van der Waals surface area contributed by atoms with E-state index in [-0.39, 0.29) is 0 Å². The number of likely N-dealkylation sites (tertiary alicyclic amines) is 1. The Kier molecular flexibility index (Phi) is 1.92. The number of rotatable bonds is 1. The van der Waals surface area contributed by atoms with Crippen molar-refractivity contribution in [2.45, 2.75) is 45.2 Å². The minimum absolute atomic E-state index is 0.534. The summed E-state index contributed by atoms with van der Waals surface area (Å²) in [4.78, 5) is 2.57. The fourth-order valence-corrected chi connectivity index (χ4v) is 2.44. The molecule has 1 heterocycles. The highest BCUT2D eigenvalue weighted by atomic mass is 15.2. The lowest BCUT2D eigenvalue weighted by Gasteiger charge is -2.35. The van der Waals surface area contributed by atoms with Crippen LogP contribution < -0.4 is 5.73 Å². The first-order valence-corrected chi connectivity index (χ1v) is 5.14. The van der Waals surface area contributed by atoms with Gasteiger partial charge in [-0.1, -0.05) is 0 Å². The molecule has 2 fully saturated rings. The van der Waals surface area contributed by atoms with Gasteiger partial charge in [0.05, 0.1) is 0 Å². The van der Waals surface area contributed by atoms with E-state index >= 15 is 0 Å². The van der Waals surface area contributed by atoms with Crippen molar-refractivity contribution in [1.29, 1.82) is 0 Å². The Balaban J connectivity index is 1.86. The van der Waals surface area contributed by atoms with Gasteiger partial charge in [-0.2, -0.15) is 0 Å². The SMILES string of the molecule is CC(C)N1CCC2(CC1)C[C@H]2N. The highest BCUT2D eigenvalue weighted by Gasteiger charge is 2.52. The summed E-state index contributed by atoms with van der Waals surface area (Å²) in [6.07, 6.45) is 3.97. The molecule has 1 saturated heterocycles. The van der Waals surface area contributed by atoms with Crippen LogP contribution in [-0.2, 0) is 0 Å². The van der Waals surface area contributed by atoms with E-state index in [1.807, 2.05) is 0 Å². The molecule has 2 N–H and O–H groups in total. The summed E-state index contributed by atoms with van der Waals surface area (Å²) < 4.78 is 0. The molecule has 1 aliphatic heterocycles. The topological polar surface area (TPSA) is 29.3 Å². The molecule has 0 aromatic heterocycles. The lowest BCUT2D eigenvalue weighted by Crippen LogP contribution is -2.40. The molecule has 2 nitrogen and oxygen atoms in total. The van der Waals surface area contributed by atoms with Gasteiger partial charge in [0.1, 0.15) is 0 Å².